The molecule has 110 valence electrons. The molecule has 0 spiro atoms. The van der Waals surface area contributed by atoms with E-state index in [1.165, 1.54) is 6.20 Å². The summed E-state index contributed by atoms with van der Waals surface area (Å²) in [4.78, 5) is 10.1. The zero-order valence-corrected chi connectivity index (χ0v) is 11.8. The molecule has 1 aliphatic rings. The number of halogens is 1. The topological polar surface area (TPSA) is 64.3 Å². The Bertz CT molecular complexity index is 656. The molecule has 6 heteroatoms. The van der Waals surface area contributed by atoms with Gasteiger partial charge in [-0.05, 0) is 19.1 Å². The van der Waals surface area contributed by atoms with Crippen molar-refractivity contribution in [2.45, 2.75) is 6.92 Å². The molecule has 3 heterocycles. The highest BCUT2D eigenvalue weighted by molar-refractivity contribution is 5.71. The number of anilines is 2. The van der Waals surface area contributed by atoms with Crippen LogP contribution in [-0.2, 0) is 4.74 Å². The summed E-state index contributed by atoms with van der Waals surface area (Å²) in [6.07, 6.45) is 3.13. The molecule has 2 N–H and O–H groups in total. The minimum Gasteiger partial charge on any atom is -0.397 e. The van der Waals surface area contributed by atoms with Crippen LogP contribution in [0, 0.1) is 12.9 Å². The summed E-state index contributed by atoms with van der Waals surface area (Å²) in [6, 6.07) is 3.64. The monoisotopic (exact) mass is 288 g/mol. The standard InChI is InChI=1S/C15H17FN4O/c1-10-13(7-12(17)9-18-10)11-6-14(15(16)19-8-11)20-2-4-21-5-3-20/h6-9H,2-5,17H2,1H3. The Morgan fingerprint density at radius 3 is 2.71 bits per heavy atom. The summed E-state index contributed by atoms with van der Waals surface area (Å²) in [5.41, 5.74) is 9.39. The fraction of sp³-hybridized carbons (Fsp3) is 0.333. The number of hydrogen-bond donors (Lipinski definition) is 1. The van der Waals surface area contributed by atoms with Gasteiger partial charge in [-0.1, -0.05) is 0 Å². The maximum Gasteiger partial charge on any atom is 0.236 e. The SMILES string of the molecule is Cc1ncc(N)cc1-c1cnc(F)c(N2CCOCC2)c1. The minimum atomic E-state index is -0.463. The fourth-order valence-electron chi connectivity index (χ4n) is 2.45. The predicted molar refractivity (Wildman–Crippen MR) is 79.6 cm³/mol. The van der Waals surface area contributed by atoms with Crippen molar-refractivity contribution >= 4 is 11.4 Å². The average Bonchev–Trinajstić information content (AvgIpc) is 2.51. The van der Waals surface area contributed by atoms with Crippen LogP contribution in [0.3, 0.4) is 0 Å². The van der Waals surface area contributed by atoms with Crippen molar-refractivity contribution in [2.24, 2.45) is 0 Å². The molecular weight excluding hydrogens is 271 g/mol. The lowest BCUT2D eigenvalue weighted by Crippen LogP contribution is -2.36. The molecule has 2 aromatic rings. The number of ether oxygens (including phenoxy) is 1. The van der Waals surface area contributed by atoms with Gasteiger partial charge in [-0.3, -0.25) is 4.98 Å². The molecule has 5 nitrogen and oxygen atoms in total. The highest BCUT2D eigenvalue weighted by Crippen LogP contribution is 2.28. The predicted octanol–water partition coefficient (Wildman–Crippen LogP) is 2.01. The molecule has 1 aliphatic heterocycles. The summed E-state index contributed by atoms with van der Waals surface area (Å²) >= 11 is 0. The number of nitrogens with two attached hydrogens (primary N) is 1. The van der Waals surface area contributed by atoms with Crippen molar-refractivity contribution in [1.29, 1.82) is 0 Å². The molecular formula is C15H17FN4O. The Labute approximate surface area is 122 Å². The highest BCUT2D eigenvalue weighted by atomic mass is 19.1. The first kappa shape index (κ1) is 13.8. The fourth-order valence-corrected chi connectivity index (χ4v) is 2.45. The van der Waals surface area contributed by atoms with Gasteiger partial charge in [0.05, 0.1) is 30.8 Å². The van der Waals surface area contributed by atoms with E-state index in [1.54, 1.807) is 12.3 Å². The van der Waals surface area contributed by atoms with Crippen molar-refractivity contribution in [1.82, 2.24) is 9.97 Å². The summed E-state index contributed by atoms with van der Waals surface area (Å²) in [7, 11) is 0. The summed E-state index contributed by atoms with van der Waals surface area (Å²) in [5, 5.41) is 0. The second-order valence-electron chi connectivity index (χ2n) is 5.03. The minimum absolute atomic E-state index is 0.463. The Morgan fingerprint density at radius 2 is 1.95 bits per heavy atom. The maximum atomic E-state index is 14.0. The van der Waals surface area contributed by atoms with Gasteiger partial charge in [0.2, 0.25) is 5.95 Å². The number of morpholine rings is 1. The second kappa shape index (κ2) is 5.65. The van der Waals surface area contributed by atoms with Gasteiger partial charge < -0.3 is 15.4 Å². The van der Waals surface area contributed by atoms with Crippen LogP contribution < -0.4 is 10.6 Å². The van der Waals surface area contributed by atoms with Crippen LogP contribution in [0.4, 0.5) is 15.8 Å². The normalized spacial score (nSPS) is 15.2. The van der Waals surface area contributed by atoms with E-state index in [4.69, 9.17) is 10.5 Å². The smallest absolute Gasteiger partial charge is 0.236 e. The molecule has 21 heavy (non-hydrogen) atoms. The lowest BCUT2D eigenvalue weighted by atomic mass is 10.1. The molecule has 0 unspecified atom stereocenters. The average molecular weight is 288 g/mol. The van der Waals surface area contributed by atoms with Gasteiger partial charge >= 0.3 is 0 Å². The first-order valence-corrected chi connectivity index (χ1v) is 6.86. The summed E-state index contributed by atoms with van der Waals surface area (Å²) in [5.74, 6) is -0.463. The third-order valence-corrected chi connectivity index (χ3v) is 3.59. The molecule has 1 fully saturated rings. The molecule has 0 atom stereocenters. The van der Waals surface area contributed by atoms with Crippen molar-refractivity contribution in [3.05, 3.63) is 36.2 Å². The first-order valence-electron chi connectivity index (χ1n) is 6.86. The van der Waals surface area contributed by atoms with Crippen molar-refractivity contribution in [3.63, 3.8) is 0 Å². The van der Waals surface area contributed by atoms with Crippen LogP contribution in [0.2, 0.25) is 0 Å². The van der Waals surface area contributed by atoms with E-state index < -0.39 is 5.95 Å². The Hall–Kier alpha value is -2.21. The van der Waals surface area contributed by atoms with Crippen LogP contribution in [0.1, 0.15) is 5.69 Å². The molecule has 0 bridgehead atoms. The van der Waals surface area contributed by atoms with Gasteiger partial charge in [-0.2, -0.15) is 4.39 Å². The van der Waals surface area contributed by atoms with Gasteiger partial charge in [0.25, 0.3) is 0 Å². The number of nitrogen functional groups attached to an aromatic ring is 1. The highest BCUT2D eigenvalue weighted by Gasteiger charge is 2.17. The quantitative estimate of drug-likeness (QED) is 0.856. The molecule has 3 rings (SSSR count). The van der Waals surface area contributed by atoms with Crippen LogP contribution in [-0.4, -0.2) is 36.3 Å². The van der Waals surface area contributed by atoms with Crippen molar-refractivity contribution in [3.8, 4) is 11.1 Å². The zero-order valence-electron chi connectivity index (χ0n) is 11.8. The van der Waals surface area contributed by atoms with Gasteiger partial charge in [-0.15, -0.1) is 0 Å². The van der Waals surface area contributed by atoms with E-state index in [1.807, 2.05) is 17.9 Å². The van der Waals surface area contributed by atoms with Crippen LogP contribution in [0.15, 0.2) is 24.5 Å². The lowest BCUT2D eigenvalue weighted by molar-refractivity contribution is 0.122. The van der Waals surface area contributed by atoms with Crippen molar-refractivity contribution < 1.29 is 9.13 Å². The van der Waals surface area contributed by atoms with E-state index in [0.29, 0.717) is 37.7 Å². The lowest BCUT2D eigenvalue weighted by Gasteiger charge is -2.29. The molecule has 0 saturated carbocycles. The maximum absolute atomic E-state index is 14.0. The molecule has 0 aliphatic carbocycles. The van der Waals surface area contributed by atoms with Crippen molar-refractivity contribution in [2.75, 3.05) is 36.9 Å². The first-order chi connectivity index (χ1) is 10.1. The molecule has 1 saturated heterocycles. The van der Waals surface area contributed by atoms with E-state index in [2.05, 4.69) is 9.97 Å². The molecule has 2 aromatic heterocycles. The Kier molecular flexibility index (Phi) is 3.70. The van der Waals surface area contributed by atoms with Gasteiger partial charge in [-0.25, -0.2) is 4.98 Å². The van der Waals surface area contributed by atoms with E-state index >= 15 is 0 Å². The summed E-state index contributed by atoms with van der Waals surface area (Å²) in [6.45, 7) is 4.42. The van der Waals surface area contributed by atoms with Crippen LogP contribution in [0.5, 0.6) is 0 Å². The third-order valence-electron chi connectivity index (χ3n) is 3.59. The van der Waals surface area contributed by atoms with E-state index in [-0.39, 0.29) is 0 Å². The van der Waals surface area contributed by atoms with Gasteiger partial charge in [0.15, 0.2) is 0 Å². The molecule has 0 amide bonds. The Balaban J connectivity index is 2.02. The van der Waals surface area contributed by atoms with Crippen LogP contribution in [0.25, 0.3) is 11.1 Å². The number of nitrogens with zero attached hydrogens (tertiary/aromatic N) is 3. The summed E-state index contributed by atoms with van der Waals surface area (Å²) < 4.78 is 19.3. The zero-order chi connectivity index (χ0) is 14.8. The number of rotatable bonds is 2. The van der Waals surface area contributed by atoms with Crippen LogP contribution >= 0.6 is 0 Å². The number of pyridine rings is 2. The van der Waals surface area contributed by atoms with E-state index in [0.717, 1.165) is 16.8 Å². The third kappa shape index (κ3) is 2.80. The second-order valence-corrected chi connectivity index (χ2v) is 5.03. The number of hydrogen-bond acceptors (Lipinski definition) is 5. The largest absolute Gasteiger partial charge is 0.397 e. The number of aryl methyl sites for hydroxylation is 1. The van der Waals surface area contributed by atoms with Gasteiger partial charge in [0.1, 0.15) is 0 Å². The number of aromatic nitrogens is 2. The molecule has 0 radical (unpaired) electrons. The molecule has 0 aromatic carbocycles. The van der Waals surface area contributed by atoms with E-state index in [9.17, 15) is 4.39 Å². The Morgan fingerprint density at radius 1 is 1.19 bits per heavy atom. The van der Waals surface area contributed by atoms with Gasteiger partial charge in [0, 0.05) is 36.1 Å².